The smallest absolute Gasteiger partial charge is 0.271 e. The molecule has 1 saturated carbocycles. The Morgan fingerprint density at radius 3 is 2.89 bits per heavy atom. The zero-order valence-electron chi connectivity index (χ0n) is 10.7. The van der Waals surface area contributed by atoms with Gasteiger partial charge in [0.15, 0.2) is 0 Å². The number of nitro groups is 1. The molecule has 2 atom stereocenters. The first kappa shape index (κ1) is 12.8. The molecular weight excluding hydrogens is 232 g/mol. The van der Waals surface area contributed by atoms with Crippen molar-refractivity contribution >= 4 is 11.4 Å². The lowest BCUT2D eigenvalue weighted by molar-refractivity contribution is -0.384. The first-order valence-corrected chi connectivity index (χ1v) is 6.16. The fourth-order valence-corrected chi connectivity index (χ4v) is 2.45. The molecule has 5 nitrogen and oxygen atoms in total. The number of non-ortho nitro benzene ring substituents is 1. The summed E-state index contributed by atoms with van der Waals surface area (Å²) < 4.78 is 5.42. The molecule has 18 heavy (non-hydrogen) atoms. The van der Waals surface area contributed by atoms with Crippen LogP contribution in [-0.2, 0) is 4.74 Å². The first-order valence-electron chi connectivity index (χ1n) is 6.16. The molecule has 1 aliphatic rings. The highest BCUT2D eigenvalue weighted by Gasteiger charge is 2.27. The maximum Gasteiger partial charge on any atom is 0.271 e. The number of aryl methyl sites for hydroxylation is 1. The molecule has 1 fully saturated rings. The number of anilines is 1. The molecule has 2 unspecified atom stereocenters. The summed E-state index contributed by atoms with van der Waals surface area (Å²) >= 11 is 0. The molecule has 0 radical (unpaired) electrons. The standard InChI is InChI=1S/C13H18N2O3/c1-9-6-7-10(15(16)17)8-12(9)14-11-4-3-5-13(11)18-2/h6-8,11,13-14H,3-5H2,1-2H3. The van der Waals surface area contributed by atoms with Gasteiger partial charge in [-0.05, 0) is 31.7 Å². The quantitative estimate of drug-likeness (QED) is 0.659. The maximum absolute atomic E-state index is 10.8. The highest BCUT2D eigenvalue weighted by atomic mass is 16.6. The third-order valence-corrected chi connectivity index (χ3v) is 3.53. The number of hydrogen-bond acceptors (Lipinski definition) is 4. The summed E-state index contributed by atoms with van der Waals surface area (Å²) in [4.78, 5) is 10.4. The summed E-state index contributed by atoms with van der Waals surface area (Å²) in [6.07, 6.45) is 3.41. The van der Waals surface area contributed by atoms with Crippen molar-refractivity contribution in [1.29, 1.82) is 0 Å². The van der Waals surface area contributed by atoms with E-state index in [1.807, 2.05) is 6.92 Å². The van der Waals surface area contributed by atoms with Crippen LogP contribution >= 0.6 is 0 Å². The number of methoxy groups -OCH3 is 1. The first-order chi connectivity index (χ1) is 8.61. The Kier molecular flexibility index (Phi) is 3.81. The second-order valence-corrected chi connectivity index (χ2v) is 4.71. The maximum atomic E-state index is 10.8. The van der Waals surface area contributed by atoms with Crippen molar-refractivity contribution in [1.82, 2.24) is 0 Å². The minimum atomic E-state index is -0.368. The summed E-state index contributed by atoms with van der Waals surface area (Å²) in [7, 11) is 1.71. The van der Waals surface area contributed by atoms with E-state index in [-0.39, 0.29) is 22.8 Å². The van der Waals surface area contributed by atoms with Gasteiger partial charge in [0.1, 0.15) is 0 Å². The van der Waals surface area contributed by atoms with E-state index in [1.54, 1.807) is 19.2 Å². The molecule has 0 aromatic heterocycles. The van der Waals surface area contributed by atoms with Gasteiger partial charge in [0.2, 0.25) is 0 Å². The molecule has 98 valence electrons. The molecule has 0 spiro atoms. The number of nitrogens with zero attached hydrogens (tertiary/aromatic N) is 1. The van der Waals surface area contributed by atoms with Gasteiger partial charge in [0.05, 0.1) is 17.1 Å². The predicted octanol–water partition coefficient (Wildman–Crippen LogP) is 2.88. The molecular formula is C13H18N2O3. The van der Waals surface area contributed by atoms with Crippen molar-refractivity contribution in [2.75, 3.05) is 12.4 Å². The van der Waals surface area contributed by atoms with E-state index >= 15 is 0 Å². The van der Waals surface area contributed by atoms with Gasteiger partial charge in [0, 0.05) is 24.9 Å². The van der Waals surface area contributed by atoms with Crippen molar-refractivity contribution < 1.29 is 9.66 Å². The van der Waals surface area contributed by atoms with Gasteiger partial charge < -0.3 is 10.1 Å². The lowest BCUT2D eigenvalue weighted by Gasteiger charge is -2.21. The van der Waals surface area contributed by atoms with Crippen molar-refractivity contribution in [3.8, 4) is 0 Å². The number of ether oxygens (including phenoxy) is 1. The number of rotatable bonds is 4. The highest BCUT2D eigenvalue weighted by Crippen LogP contribution is 2.28. The van der Waals surface area contributed by atoms with Crippen LogP contribution in [0.3, 0.4) is 0 Å². The van der Waals surface area contributed by atoms with Crippen molar-refractivity contribution in [3.05, 3.63) is 33.9 Å². The van der Waals surface area contributed by atoms with E-state index in [1.165, 1.54) is 6.07 Å². The van der Waals surface area contributed by atoms with Crippen LogP contribution in [0.2, 0.25) is 0 Å². The minimum absolute atomic E-state index is 0.120. The Labute approximate surface area is 106 Å². The van der Waals surface area contributed by atoms with Gasteiger partial charge in [-0.1, -0.05) is 6.07 Å². The molecule has 1 N–H and O–H groups in total. The van der Waals surface area contributed by atoms with E-state index in [2.05, 4.69) is 5.32 Å². The molecule has 1 aliphatic carbocycles. The lowest BCUT2D eigenvalue weighted by Crippen LogP contribution is -2.30. The fraction of sp³-hybridized carbons (Fsp3) is 0.538. The molecule has 0 saturated heterocycles. The zero-order valence-corrected chi connectivity index (χ0v) is 10.7. The van der Waals surface area contributed by atoms with Crippen LogP contribution in [0.1, 0.15) is 24.8 Å². The normalized spacial score (nSPS) is 23.0. The SMILES string of the molecule is COC1CCCC1Nc1cc([N+](=O)[O-])ccc1C. The second kappa shape index (κ2) is 5.35. The van der Waals surface area contributed by atoms with Crippen LogP contribution in [0.4, 0.5) is 11.4 Å². The van der Waals surface area contributed by atoms with Crippen molar-refractivity contribution in [3.63, 3.8) is 0 Å². The molecule has 0 aliphatic heterocycles. The Morgan fingerprint density at radius 1 is 1.44 bits per heavy atom. The van der Waals surface area contributed by atoms with Gasteiger partial charge in [0.25, 0.3) is 5.69 Å². The Hall–Kier alpha value is -1.62. The van der Waals surface area contributed by atoms with E-state index in [0.717, 1.165) is 30.5 Å². The number of benzene rings is 1. The van der Waals surface area contributed by atoms with E-state index < -0.39 is 0 Å². The largest absolute Gasteiger partial charge is 0.379 e. The van der Waals surface area contributed by atoms with Crippen LogP contribution < -0.4 is 5.32 Å². The molecule has 1 aromatic rings. The highest BCUT2D eigenvalue weighted by molar-refractivity contribution is 5.57. The lowest BCUT2D eigenvalue weighted by atomic mass is 10.1. The van der Waals surface area contributed by atoms with Gasteiger partial charge >= 0.3 is 0 Å². The summed E-state index contributed by atoms with van der Waals surface area (Å²) in [5.41, 5.74) is 1.97. The van der Waals surface area contributed by atoms with Crippen molar-refractivity contribution in [2.24, 2.45) is 0 Å². The molecule has 0 heterocycles. The van der Waals surface area contributed by atoms with E-state index in [4.69, 9.17) is 4.74 Å². The van der Waals surface area contributed by atoms with Gasteiger partial charge in [-0.15, -0.1) is 0 Å². The molecule has 5 heteroatoms. The average molecular weight is 250 g/mol. The van der Waals surface area contributed by atoms with Crippen LogP contribution in [0.15, 0.2) is 18.2 Å². The third-order valence-electron chi connectivity index (χ3n) is 3.53. The number of hydrogen-bond donors (Lipinski definition) is 1. The van der Waals surface area contributed by atoms with Gasteiger partial charge in [-0.2, -0.15) is 0 Å². The van der Waals surface area contributed by atoms with Gasteiger partial charge in [-0.3, -0.25) is 10.1 Å². The third kappa shape index (κ3) is 2.61. The summed E-state index contributed by atoms with van der Waals surface area (Å²) in [5, 5.41) is 14.2. The molecule has 0 bridgehead atoms. The summed E-state index contributed by atoms with van der Waals surface area (Å²) in [6, 6.07) is 5.15. The van der Waals surface area contributed by atoms with E-state index in [0.29, 0.717) is 0 Å². The van der Waals surface area contributed by atoms with Gasteiger partial charge in [-0.25, -0.2) is 0 Å². The summed E-state index contributed by atoms with van der Waals surface area (Å²) in [5.74, 6) is 0. The fourth-order valence-electron chi connectivity index (χ4n) is 2.45. The molecule has 1 aromatic carbocycles. The Bertz CT molecular complexity index is 448. The molecule has 2 rings (SSSR count). The van der Waals surface area contributed by atoms with E-state index in [9.17, 15) is 10.1 Å². The number of nitro benzene ring substituents is 1. The average Bonchev–Trinajstić information content (AvgIpc) is 2.79. The van der Waals surface area contributed by atoms with Crippen molar-refractivity contribution in [2.45, 2.75) is 38.3 Å². The topological polar surface area (TPSA) is 64.4 Å². The zero-order chi connectivity index (χ0) is 13.1. The van der Waals surface area contributed by atoms with Crippen LogP contribution in [0.25, 0.3) is 0 Å². The minimum Gasteiger partial charge on any atom is -0.379 e. The molecule has 0 amide bonds. The Morgan fingerprint density at radius 2 is 2.22 bits per heavy atom. The van der Waals surface area contributed by atoms with Crippen LogP contribution in [0, 0.1) is 17.0 Å². The Balaban J connectivity index is 2.17. The van der Waals surface area contributed by atoms with Crippen LogP contribution in [-0.4, -0.2) is 24.2 Å². The predicted molar refractivity (Wildman–Crippen MR) is 69.9 cm³/mol. The number of nitrogens with one attached hydrogen (secondary N) is 1. The monoisotopic (exact) mass is 250 g/mol. The summed E-state index contributed by atoms with van der Waals surface area (Å²) in [6.45, 7) is 1.95. The van der Waals surface area contributed by atoms with Crippen LogP contribution in [0.5, 0.6) is 0 Å². The second-order valence-electron chi connectivity index (χ2n) is 4.71.